The Morgan fingerprint density at radius 1 is 1.05 bits per heavy atom. The lowest BCUT2D eigenvalue weighted by Crippen LogP contribution is -2.54. The Balaban J connectivity index is 2.46. The molecule has 2 rings (SSSR count). The third-order valence-electron chi connectivity index (χ3n) is 4.96. The van der Waals surface area contributed by atoms with Crippen LogP contribution in [0.5, 0.6) is 0 Å². The van der Waals surface area contributed by atoms with Gasteiger partial charge in [-0.2, -0.15) is 0 Å². The molecule has 0 radical (unpaired) electrons. The van der Waals surface area contributed by atoms with Crippen molar-refractivity contribution in [3.05, 3.63) is 0 Å². The van der Waals surface area contributed by atoms with E-state index in [0.717, 1.165) is 19.4 Å². The average molecular weight is 314 g/mol. The molecule has 0 aromatic carbocycles. The maximum absolute atomic E-state index is 11.8. The number of fused-ring (bicyclic) bond motifs is 1. The lowest BCUT2D eigenvalue weighted by molar-refractivity contribution is -0.923. The van der Waals surface area contributed by atoms with Crippen molar-refractivity contribution in [1.82, 2.24) is 0 Å². The number of nitrogens with zero attached hydrogens (tertiary/aromatic N) is 1. The van der Waals surface area contributed by atoms with E-state index in [4.69, 9.17) is 0 Å². The molecule has 4 N–H and O–H groups in total. The number of rotatable bonds is 2. The molecule has 1 saturated heterocycles. The van der Waals surface area contributed by atoms with E-state index in [1.165, 1.54) is 0 Å². The van der Waals surface area contributed by atoms with E-state index >= 15 is 0 Å². The summed E-state index contributed by atoms with van der Waals surface area (Å²) < 4.78 is 24.1. The first-order valence-electron chi connectivity index (χ1n) is 6.35. The van der Waals surface area contributed by atoms with E-state index in [-0.39, 0.29) is 24.8 Å². The number of piperidine rings is 1. The van der Waals surface area contributed by atoms with Crippen LogP contribution in [0.1, 0.15) is 25.7 Å². The van der Waals surface area contributed by atoms with Gasteiger partial charge in [0.1, 0.15) is 0 Å². The van der Waals surface area contributed by atoms with Gasteiger partial charge in [-0.05, 0) is 19.3 Å². The highest BCUT2D eigenvalue weighted by molar-refractivity contribution is 7.72. The van der Waals surface area contributed by atoms with Gasteiger partial charge < -0.3 is 24.1 Å². The molecule has 1 aliphatic carbocycles. The molecule has 0 amide bonds. The largest absolute Gasteiger partial charge is 0.344 e. The van der Waals surface area contributed by atoms with Crippen molar-refractivity contribution in [3.8, 4) is 0 Å². The predicted octanol–water partition coefficient (Wildman–Crippen LogP) is 0.687. The summed E-state index contributed by atoms with van der Waals surface area (Å²) in [7, 11) is -5.81. The van der Waals surface area contributed by atoms with Crippen LogP contribution in [0.25, 0.3) is 0 Å². The number of likely N-dealkylation sites (tertiary alicyclic amines) is 1. The van der Waals surface area contributed by atoms with Gasteiger partial charge in [0.05, 0.1) is 26.7 Å². The normalized spacial score (nSPS) is 34.0. The lowest BCUT2D eigenvalue weighted by Gasteiger charge is -2.43. The van der Waals surface area contributed by atoms with E-state index in [2.05, 4.69) is 0 Å². The summed E-state index contributed by atoms with van der Waals surface area (Å²) in [4.78, 5) is 36.0. The minimum Gasteiger partial charge on any atom is -0.326 e. The highest BCUT2D eigenvalue weighted by atomic mass is 31.2. The highest BCUT2D eigenvalue weighted by Crippen LogP contribution is 2.76. The monoisotopic (exact) mass is 314 g/mol. The van der Waals surface area contributed by atoms with Gasteiger partial charge in [-0.25, -0.2) is 0 Å². The van der Waals surface area contributed by atoms with Crippen LogP contribution in [0.3, 0.4) is 0 Å². The van der Waals surface area contributed by atoms with Gasteiger partial charge in [0, 0.05) is 12.3 Å². The fraction of sp³-hybridized carbons (Fsp3) is 1.00. The fourth-order valence-corrected chi connectivity index (χ4v) is 6.98. The maximum atomic E-state index is 11.8. The van der Waals surface area contributed by atoms with Crippen molar-refractivity contribution in [2.75, 3.05) is 20.6 Å². The molecule has 2 fully saturated rings. The van der Waals surface area contributed by atoms with E-state index in [1.54, 1.807) is 0 Å². The van der Waals surface area contributed by atoms with Gasteiger partial charge in [0.15, 0.2) is 4.90 Å². The third-order valence-corrected chi connectivity index (χ3v) is 9.42. The van der Waals surface area contributed by atoms with Gasteiger partial charge in [0.2, 0.25) is 0 Å². The zero-order chi connectivity index (χ0) is 14.7. The molecule has 112 valence electrons. The molecule has 1 heterocycles. The minimum absolute atomic E-state index is 0.0241. The molecule has 1 aliphatic heterocycles. The Hall–Kier alpha value is 0.260. The number of quaternary nitrogens is 1. The molecule has 0 aromatic rings. The SMILES string of the molecule is C[N+]1(C)CCC[C@@H]2CC(P(=O)(O)O)(P(=O)(O)O)C[C@@H]21. The van der Waals surface area contributed by atoms with Gasteiger partial charge in [0.25, 0.3) is 0 Å². The summed E-state index contributed by atoms with van der Waals surface area (Å²) in [5, 5.41) is 0. The van der Waals surface area contributed by atoms with Crippen LogP contribution in [0.2, 0.25) is 0 Å². The Morgan fingerprint density at radius 3 is 2.00 bits per heavy atom. The van der Waals surface area contributed by atoms with Crippen LogP contribution >= 0.6 is 15.2 Å². The molecule has 1 saturated carbocycles. The predicted molar refractivity (Wildman–Crippen MR) is 69.5 cm³/mol. The van der Waals surface area contributed by atoms with Crippen LogP contribution in [0, 0.1) is 5.92 Å². The Morgan fingerprint density at radius 2 is 1.58 bits per heavy atom. The zero-order valence-electron chi connectivity index (χ0n) is 11.1. The van der Waals surface area contributed by atoms with Crippen LogP contribution in [0.15, 0.2) is 0 Å². The van der Waals surface area contributed by atoms with Crippen molar-refractivity contribution in [2.24, 2.45) is 5.92 Å². The molecule has 19 heavy (non-hydrogen) atoms. The minimum atomic E-state index is -4.87. The molecule has 0 unspecified atom stereocenters. The van der Waals surface area contributed by atoms with E-state index in [1.807, 2.05) is 14.1 Å². The standard InChI is InChI=1S/C10H21NO6P2/c1-11(2)5-3-4-8-6-10(7-9(8)11,18(12,13)14)19(15,16)17/h8-9H,3-7H2,1-2H3,(H3-,12,13,14,15,16,17)/p+1/t8-,9+/m1/s1. The molecule has 0 aromatic heterocycles. The number of hydrogen-bond donors (Lipinski definition) is 4. The summed E-state index contributed by atoms with van der Waals surface area (Å²) in [5.74, 6) is -0.0241. The van der Waals surface area contributed by atoms with Crippen LogP contribution in [0.4, 0.5) is 0 Å². The summed E-state index contributed by atoms with van der Waals surface area (Å²) in [5.41, 5.74) is 0. The first-order valence-corrected chi connectivity index (χ1v) is 9.57. The summed E-state index contributed by atoms with van der Waals surface area (Å²) in [6.07, 6.45) is 1.54. The molecule has 2 aliphatic rings. The second-order valence-electron chi connectivity index (χ2n) is 6.45. The van der Waals surface area contributed by atoms with Crippen molar-refractivity contribution in [2.45, 2.75) is 36.6 Å². The van der Waals surface area contributed by atoms with E-state index in [0.29, 0.717) is 4.48 Å². The Bertz CT molecular complexity index is 445. The van der Waals surface area contributed by atoms with Crippen LogP contribution < -0.4 is 0 Å². The highest BCUT2D eigenvalue weighted by Gasteiger charge is 2.68. The zero-order valence-corrected chi connectivity index (χ0v) is 12.9. The molecule has 0 bridgehead atoms. The van der Waals surface area contributed by atoms with Crippen molar-refractivity contribution in [3.63, 3.8) is 0 Å². The van der Waals surface area contributed by atoms with E-state index in [9.17, 15) is 28.7 Å². The van der Waals surface area contributed by atoms with Gasteiger partial charge >= 0.3 is 15.2 Å². The molecule has 7 nitrogen and oxygen atoms in total. The molecular weight excluding hydrogens is 292 g/mol. The molecule has 9 heteroatoms. The second-order valence-corrected chi connectivity index (χ2v) is 10.7. The van der Waals surface area contributed by atoms with Crippen LogP contribution in [-0.4, -0.2) is 55.6 Å². The second kappa shape index (κ2) is 4.38. The van der Waals surface area contributed by atoms with Crippen molar-refractivity contribution in [1.29, 1.82) is 0 Å². The first kappa shape index (κ1) is 15.6. The average Bonchev–Trinajstić information content (AvgIpc) is 2.57. The fourth-order valence-electron chi connectivity index (χ4n) is 3.83. The third kappa shape index (κ3) is 2.36. The van der Waals surface area contributed by atoms with Crippen LogP contribution in [-0.2, 0) is 9.13 Å². The topological polar surface area (TPSA) is 115 Å². The smallest absolute Gasteiger partial charge is 0.326 e. The van der Waals surface area contributed by atoms with Gasteiger partial charge in [-0.15, -0.1) is 0 Å². The summed E-state index contributed by atoms with van der Waals surface area (Å²) in [6, 6.07) is -0.0889. The first-order chi connectivity index (χ1) is 8.41. The van der Waals surface area contributed by atoms with Crippen molar-refractivity contribution >= 4 is 15.2 Å². The molecule has 0 spiro atoms. The summed E-state index contributed by atoms with van der Waals surface area (Å²) in [6.45, 7) is 0.875. The van der Waals surface area contributed by atoms with Crippen molar-refractivity contribution < 1.29 is 33.2 Å². The Labute approximate surface area is 112 Å². The van der Waals surface area contributed by atoms with Gasteiger partial charge in [-0.3, -0.25) is 9.13 Å². The molecule has 2 atom stereocenters. The quantitative estimate of drug-likeness (QED) is 0.440. The summed E-state index contributed by atoms with van der Waals surface area (Å²) >= 11 is 0. The lowest BCUT2D eigenvalue weighted by atomic mass is 9.90. The molecular formula is C10H22NO6P2+. The van der Waals surface area contributed by atoms with Gasteiger partial charge in [-0.1, -0.05) is 0 Å². The van der Waals surface area contributed by atoms with E-state index < -0.39 is 20.1 Å². The number of hydrogen-bond acceptors (Lipinski definition) is 2. The maximum Gasteiger partial charge on any atom is 0.344 e. The Kier molecular flexibility index (Phi) is 3.60.